The topological polar surface area (TPSA) is 51.0 Å². The smallest absolute Gasteiger partial charge is 0.423 e. The second-order valence-corrected chi connectivity index (χ2v) is 4.58. The van der Waals surface area contributed by atoms with Gasteiger partial charge in [0, 0.05) is 0 Å². The van der Waals surface area contributed by atoms with Gasteiger partial charge in [-0.1, -0.05) is 53.7 Å². The molecule has 0 amide bonds. The molecule has 0 radical (unpaired) electrons. The second kappa shape index (κ2) is 5.90. The molecule has 3 rings (SSSR count). The zero-order chi connectivity index (χ0) is 13.8. The van der Waals surface area contributed by atoms with Crippen LogP contribution in [0.25, 0.3) is 0 Å². The maximum Gasteiger partial charge on any atom is 0.492 e. The second-order valence-electron chi connectivity index (χ2n) is 4.58. The lowest BCUT2D eigenvalue weighted by molar-refractivity contribution is 0.132. The van der Waals surface area contributed by atoms with Crippen LogP contribution in [-0.4, -0.2) is 18.4 Å². The van der Waals surface area contributed by atoms with Gasteiger partial charge in [0.25, 0.3) is 0 Å². The molecule has 100 valence electrons. The molecular formula is C15H14BNO3. The van der Waals surface area contributed by atoms with E-state index in [9.17, 15) is 5.02 Å². The van der Waals surface area contributed by atoms with Gasteiger partial charge in [-0.3, -0.25) is 0 Å². The average molecular weight is 267 g/mol. The van der Waals surface area contributed by atoms with Crippen molar-refractivity contribution >= 4 is 18.8 Å². The van der Waals surface area contributed by atoms with E-state index in [1.807, 2.05) is 48.5 Å². The third-order valence-electron chi connectivity index (χ3n) is 3.21. The monoisotopic (exact) mass is 267 g/mol. The lowest BCUT2D eigenvalue weighted by Gasteiger charge is -2.03. The fourth-order valence-electron chi connectivity index (χ4n) is 2.20. The summed E-state index contributed by atoms with van der Waals surface area (Å²) in [6.45, 7) is 0.856. The number of hydrogen-bond donors (Lipinski definition) is 1. The van der Waals surface area contributed by atoms with E-state index in [4.69, 9.17) is 9.49 Å². The van der Waals surface area contributed by atoms with Crippen molar-refractivity contribution in [3.05, 3.63) is 65.2 Å². The summed E-state index contributed by atoms with van der Waals surface area (Å²) in [5.74, 6) is 0. The minimum atomic E-state index is -0.873. The quantitative estimate of drug-likeness (QED) is 0.518. The van der Waals surface area contributed by atoms with E-state index in [-0.39, 0.29) is 0 Å². The fraction of sp³-hybridized carbons (Fsp3) is 0.133. The molecule has 2 aromatic rings. The van der Waals surface area contributed by atoms with Crippen LogP contribution in [0.5, 0.6) is 0 Å². The molecule has 0 aromatic heterocycles. The number of benzene rings is 2. The molecule has 0 spiro atoms. The molecule has 5 heteroatoms. The van der Waals surface area contributed by atoms with Gasteiger partial charge in [-0.25, -0.2) is 0 Å². The molecule has 20 heavy (non-hydrogen) atoms. The van der Waals surface area contributed by atoms with E-state index >= 15 is 0 Å². The van der Waals surface area contributed by atoms with E-state index in [0.717, 1.165) is 22.2 Å². The van der Waals surface area contributed by atoms with Crippen LogP contribution in [0.3, 0.4) is 0 Å². The number of fused-ring (bicyclic) bond motifs is 1. The summed E-state index contributed by atoms with van der Waals surface area (Å²) < 4.78 is 5.19. The summed E-state index contributed by atoms with van der Waals surface area (Å²) in [5.41, 5.74) is 3.65. The maximum atomic E-state index is 9.77. The molecule has 0 aliphatic carbocycles. The molecule has 0 saturated heterocycles. The first-order valence-electron chi connectivity index (χ1n) is 6.45. The van der Waals surface area contributed by atoms with Crippen LogP contribution in [0, 0.1) is 0 Å². The molecule has 4 nitrogen and oxygen atoms in total. The Morgan fingerprint density at radius 2 is 2.05 bits per heavy atom. The van der Waals surface area contributed by atoms with Crippen molar-refractivity contribution < 1.29 is 14.5 Å². The number of oxime groups is 1. The molecule has 1 heterocycles. The van der Waals surface area contributed by atoms with E-state index in [0.29, 0.717) is 13.2 Å². The van der Waals surface area contributed by atoms with Crippen molar-refractivity contribution in [3.63, 3.8) is 0 Å². The van der Waals surface area contributed by atoms with E-state index in [1.165, 1.54) is 0 Å². The van der Waals surface area contributed by atoms with Gasteiger partial charge >= 0.3 is 7.12 Å². The predicted molar refractivity (Wildman–Crippen MR) is 77.7 cm³/mol. The third-order valence-corrected chi connectivity index (χ3v) is 3.21. The number of hydrogen-bond acceptors (Lipinski definition) is 4. The summed E-state index contributed by atoms with van der Waals surface area (Å²) in [6.07, 6.45) is 1.61. The van der Waals surface area contributed by atoms with Gasteiger partial charge in [-0.15, -0.1) is 0 Å². The summed E-state index contributed by atoms with van der Waals surface area (Å²) in [7, 11) is -0.873. The molecule has 1 N–H and O–H groups in total. The van der Waals surface area contributed by atoms with E-state index in [1.54, 1.807) is 6.21 Å². The molecule has 0 unspecified atom stereocenters. The SMILES string of the molecule is OB1OCc2cccc(C=NOCc3ccccc3)c21. The van der Waals surface area contributed by atoms with Gasteiger partial charge in [-0.2, -0.15) is 0 Å². The largest absolute Gasteiger partial charge is 0.492 e. The Labute approximate surface area is 117 Å². The van der Waals surface area contributed by atoms with Crippen LogP contribution in [-0.2, 0) is 22.7 Å². The molecule has 2 aromatic carbocycles. The van der Waals surface area contributed by atoms with E-state index in [2.05, 4.69) is 5.16 Å². The predicted octanol–water partition coefficient (Wildman–Crippen LogP) is 1.46. The standard InChI is InChI=1S/C15H14BNO3/c18-16-15-13(7-4-8-14(15)11-19-16)9-17-20-10-12-5-2-1-3-6-12/h1-9,18H,10-11H2. The van der Waals surface area contributed by atoms with Crippen molar-refractivity contribution in [3.8, 4) is 0 Å². The average Bonchev–Trinajstić information content (AvgIpc) is 2.87. The van der Waals surface area contributed by atoms with Crippen molar-refractivity contribution in [1.82, 2.24) is 0 Å². The van der Waals surface area contributed by atoms with Crippen LogP contribution in [0.2, 0.25) is 0 Å². The molecular weight excluding hydrogens is 253 g/mol. The highest BCUT2D eigenvalue weighted by Gasteiger charge is 2.29. The zero-order valence-electron chi connectivity index (χ0n) is 10.9. The summed E-state index contributed by atoms with van der Waals surface area (Å²) in [5, 5.41) is 13.7. The Hall–Kier alpha value is -2.11. The van der Waals surface area contributed by atoms with Gasteiger partial charge in [0.2, 0.25) is 0 Å². The van der Waals surface area contributed by atoms with Gasteiger partial charge in [0.1, 0.15) is 6.61 Å². The summed E-state index contributed by atoms with van der Waals surface area (Å²) in [6, 6.07) is 15.6. The minimum Gasteiger partial charge on any atom is -0.423 e. The highest BCUT2D eigenvalue weighted by molar-refractivity contribution is 6.63. The normalized spacial score (nSPS) is 13.8. The zero-order valence-corrected chi connectivity index (χ0v) is 10.9. The third kappa shape index (κ3) is 2.74. The molecule has 0 saturated carbocycles. The lowest BCUT2D eigenvalue weighted by atomic mass is 9.76. The highest BCUT2D eigenvalue weighted by Crippen LogP contribution is 2.11. The fourth-order valence-corrected chi connectivity index (χ4v) is 2.20. The molecule has 0 bridgehead atoms. The van der Waals surface area contributed by atoms with Crippen LogP contribution < -0.4 is 5.46 Å². The maximum absolute atomic E-state index is 9.77. The molecule has 1 aliphatic rings. The minimum absolute atomic E-state index is 0.422. The molecule has 0 fully saturated rings. The van der Waals surface area contributed by atoms with Crippen molar-refractivity contribution in [1.29, 1.82) is 0 Å². The summed E-state index contributed by atoms with van der Waals surface area (Å²) >= 11 is 0. The molecule has 0 atom stereocenters. The van der Waals surface area contributed by atoms with Gasteiger partial charge < -0.3 is 14.5 Å². The van der Waals surface area contributed by atoms with Crippen molar-refractivity contribution in [2.75, 3.05) is 0 Å². The first kappa shape index (κ1) is 12.9. The van der Waals surface area contributed by atoms with Gasteiger partial charge in [0.05, 0.1) is 12.8 Å². The first-order valence-corrected chi connectivity index (χ1v) is 6.45. The highest BCUT2D eigenvalue weighted by atomic mass is 16.6. The van der Waals surface area contributed by atoms with E-state index < -0.39 is 7.12 Å². The van der Waals surface area contributed by atoms with Crippen LogP contribution in [0.1, 0.15) is 16.7 Å². The van der Waals surface area contributed by atoms with Gasteiger partial charge in [-0.05, 0) is 22.2 Å². The summed E-state index contributed by atoms with van der Waals surface area (Å²) in [4.78, 5) is 5.27. The molecule has 1 aliphatic heterocycles. The van der Waals surface area contributed by atoms with Gasteiger partial charge in [0.15, 0.2) is 0 Å². The Morgan fingerprint density at radius 3 is 2.90 bits per heavy atom. The van der Waals surface area contributed by atoms with Crippen LogP contribution >= 0.6 is 0 Å². The van der Waals surface area contributed by atoms with Crippen LogP contribution in [0.15, 0.2) is 53.7 Å². The number of rotatable bonds is 4. The van der Waals surface area contributed by atoms with Crippen LogP contribution in [0.4, 0.5) is 0 Å². The Kier molecular flexibility index (Phi) is 3.81. The first-order chi connectivity index (χ1) is 9.84. The van der Waals surface area contributed by atoms with Crippen molar-refractivity contribution in [2.24, 2.45) is 5.16 Å². The Morgan fingerprint density at radius 1 is 1.20 bits per heavy atom. The Bertz CT molecular complexity index is 616. The Balaban J connectivity index is 1.67. The lowest BCUT2D eigenvalue weighted by Crippen LogP contribution is -2.31. The number of nitrogens with zero attached hydrogens (tertiary/aromatic N) is 1. The van der Waals surface area contributed by atoms with Crippen molar-refractivity contribution in [2.45, 2.75) is 13.2 Å².